The van der Waals surface area contributed by atoms with Crippen LogP contribution in [0.3, 0.4) is 0 Å². The Hall–Kier alpha value is -1.62. The van der Waals surface area contributed by atoms with Gasteiger partial charge in [-0.15, -0.1) is 0 Å². The number of rotatable bonds is 6. The van der Waals surface area contributed by atoms with E-state index in [1.807, 2.05) is 12.2 Å². The standard InChI is InChI=1S/C29H44O5/c1-16(2)20-9-7-18(5)13-25(20)33-27(30)15-22-23-11-12-24(32-23)28(22)29(31)34-26-14-19(6)8-10-21(26)17(3)4/h11-12,15-21,23-26,28H,7-10,13-14H2,1-6H3/b22-15-/t18-,19-,20+,21+,23+,24-,25-,26+,28?/m0/s1. The first-order valence-electron chi connectivity index (χ1n) is 13.6. The largest absolute Gasteiger partial charge is 0.462 e. The van der Waals surface area contributed by atoms with E-state index in [1.54, 1.807) is 0 Å². The van der Waals surface area contributed by atoms with Gasteiger partial charge >= 0.3 is 11.9 Å². The van der Waals surface area contributed by atoms with E-state index in [4.69, 9.17) is 14.2 Å². The van der Waals surface area contributed by atoms with Crippen molar-refractivity contribution in [1.29, 1.82) is 0 Å². The summed E-state index contributed by atoms with van der Waals surface area (Å²) in [6.45, 7) is 13.3. The van der Waals surface area contributed by atoms with Crippen molar-refractivity contribution in [2.45, 2.75) is 104 Å². The van der Waals surface area contributed by atoms with Crippen LogP contribution in [0.5, 0.6) is 0 Å². The fourth-order valence-electron chi connectivity index (χ4n) is 6.70. The average molecular weight is 473 g/mol. The summed E-state index contributed by atoms with van der Waals surface area (Å²) >= 11 is 0. The Labute approximate surface area is 205 Å². The van der Waals surface area contributed by atoms with E-state index in [9.17, 15) is 9.59 Å². The highest BCUT2D eigenvalue weighted by Gasteiger charge is 2.48. The number of fused-ring (bicyclic) bond motifs is 2. The molecule has 190 valence electrons. The van der Waals surface area contributed by atoms with Gasteiger partial charge in [0.1, 0.15) is 18.1 Å². The minimum absolute atomic E-state index is 0.0657. The van der Waals surface area contributed by atoms with Gasteiger partial charge in [0.05, 0.1) is 12.2 Å². The van der Waals surface area contributed by atoms with Crippen LogP contribution in [-0.2, 0) is 23.8 Å². The zero-order valence-corrected chi connectivity index (χ0v) is 21.9. The number of carbonyl (C=O) groups excluding carboxylic acids is 2. The molecule has 0 aromatic rings. The third kappa shape index (κ3) is 5.45. The summed E-state index contributed by atoms with van der Waals surface area (Å²) in [5, 5.41) is 0. The molecule has 2 saturated carbocycles. The summed E-state index contributed by atoms with van der Waals surface area (Å²) in [4.78, 5) is 26.4. The van der Waals surface area contributed by atoms with Crippen LogP contribution in [0.4, 0.5) is 0 Å². The molecular formula is C29H44O5. The second-order valence-electron chi connectivity index (χ2n) is 12.1. The Morgan fingerprint density at radius 2 is 1.44 bits per heavy atom. The number of hydrogen-bond acceptors (Lipinski definition) is 5. The normalized spacial score (nSPS) is 40.8. The first kappa shape index (κ1) is 25.5. The maximum atomic E-state index is 13.4. The van der Waals surface area contributed by atoms with E-state index < -0.39 is 5.92 Å². The molecule has 0 aromatic heterocycles. The lowest BCUT2D eigenvalue weighted by atomic mass is 9.75. The molecule has 0 N–H and O–H groups in total. The minimum Gasteiger partial charge on any atom is -0.462 e. The topological polar surface area (TPSA) is 61.8 Å². The molecule has 0 radical (unpaired) electrons. The monoisotopic (exact) mass is 472 g/mol. The van der Waals surface area contributed by atoms with Crippen LogP contribution >= 0.6 is 0 Å². The maximum Gasteiger partial charge on any atom is 0.331 e. The van der Waals surface area contributed by atoms with Gasteiger partial charge < -0.3 is 14.2 Å². The predicted octanol–water partition coefficient (Wildman–Crippen LogP) is 5.87. The highest BCUT2D eigenvalue weighted by molar-refractivity contribution is 5.87. The molecule has 4 aliphatic rings. The lowest BCUT2D eigenvalue weighted by molar-refractivity contribution is -0.160. The molecule has 2 aliphatic carbocycles. The van der Waals surface area contributed by atoms with Crippen molar-refractivity contribution >= 4 is 11.9 Å². The molecule has 2 heterocycles. The van der Waals surface area contributed by atoms with Crippen molar-refractivity contribution in [3.63, 3.8) is 0 Å². The van der Waals surface area contributed by atoms with Gasteiger partial charge in [-0.25, -0.2) is 4.79 Å². The van der Waals surface area contributed by atoms with Crippen molar-refractivity contribution < 1.29 is 23.8 Å². The smallest absolute Gasteiger partial charge is 0.331 e. The number of esters is 2. The lowest BCUT2D eigenvalue weighted by Crippen LogP contribution is -2.39. The maximum absolute atomic E-state index is 13.4. The fraction of sp³-hybridized carbons (Fsp3) is 0.793. The predicted molar refractivity (Wildman–Crippen MR) is 132 cm³/mol. The highest BCUT2D eigenvalue weighted by atomic mass is 16.6. The van der Waals surface area contributed by atoms with Crippen molar-refractivity contribution in [1.82, 2.24) is 0 Å². The van der Waals surface area contributed by atoms with E-state index in [0.717, 1.165) is 25.7 Å². The summed E-state index contributed by atoms with van der Waals surface area (Å²) in [6.07, 6.45) is 10.9. The zero-order chi connectivity index (χ0) is 24.6. The van der Waals surface area contributed by atoms with Crippen molar-refractivity contribution in [3.05, 3.63) is 23.8 Å². The minimum atomic E-state index is -0.557. The van der Waals surface area contributed by atoms with E-state index in [2.05, 4.69) is 41.5 Å². The molecule has 3 fully saturated rings. The van der Waals surface area contributed by atoms with Crippen LogP contribution in [0.15, 0.2) is 23.8 Å². The Balaban J connectivity index is 1.47. The quantitative estimate of drug-likeness (QED) is 0.275. The van der Waals surface area contributed by atoms with Gasteiger partial charge in [-0.3, -0.25) is 4.79 Å². The molecule has 0 amide bonds. The van der Waals surface area contributed by atoms with Crippen molar-refractivity contribution in [2.75, 3.05) is 0 Å². The SMILES string of the molecule is CC(C)[C@H]1CC[C@H](C)C[C@@H]1OC(=O)/C=C1\C(C(=O)O[C@@H]2C[C@@H](C)CC[C@@H]2C(C)C)[C@@H]2C=C[C@H]1O2. The molecule has 0 spiro atoms. The summed E-state index contributed by atoms with van der Waals surface area (Å²) in [5.41, 5.74) is 0.692. The molecule has 1 saturated heterocycles. The highest BCUT2D eigenvalue weighted by Crippen LogP contribution is 2.42. The molecule has 9 atom stereocenters. The molecule has 1 unspecified atom stereocenters. The second-order valence-corrected chi connectivity index (χ2v) is 12.1. The Morgan fingerprint density at radius 1 is 0.882 bits per heavy atom. The van der Waals surface area contributed by atoms with Gasteiger partial charge in [0.25, 0.3) is 0 Å². The van der Waals surface area contributed by atoms with Gasteiger partial charge in [-0.05, 0) is 66.8 Å². The van der Waals surface area contributed by atoms with Gasteiger partial charge in [0.2, 0.25) is 0 Å². The van der Waals surface area contributed by atoms with E-state index in [-0.39, 0.29) is 36.4 Å². The molecule has 34 heavy (non-hydrogen) atoms. The van der Waals surface area contributed by atoms with E-state index in [1.165, 1.54) is 18.9 Å². The van der Waals surface area contributed by atoms with Crippen molar-refractivity contribution in [3.8, 4) is 0 Å². The zero-order valence-electron chi connectivity index (χ0n) is 21.9. The Morgan fingerprint density at radius 3 is 2.00 bits per heavy atom. The number of carbonyl (C=O) groups is 2. The van der Waals surface area contributed by atoms with Crippen LogP contribution in [-0.4, -0.2) is 36.4 Å². The van der Waals surface area contributed by atoms with Gasteiger partial charge in [-0.1, -0.05) is 66.5 Å². The third-order valence-electron chi connectivity index (χ3n) is 8.79. The summed E-state index contributed by atoms with van der Waals surface area (Å²) in [7, 11) is 0. The van der Waals surface area contributed by atoms with Gasteiger partial charge in [0, 0.05) is 6.08 Å². The number of hydrogen-bond donors (Lipinski definition) is 0. The second kappa shape index (κ2) is 10.6. The van der Waals surface area contributed by atoms with Crippen LogP contribution in [0.1, 0.15) is 80.1 Å². The summed E-state index contributed by atoms with van der Waals surface area (Å²) < 4.78 is 18.1. The fourth-order valence-corrected chi connectivity index (χ4v) is 6.70. The molecular weight excluding hydrogens is 428 g/mol. The van der Waals surface area contributed by atoms with Crippen LogP contribution in [0, 0.1) is 41.4 Å². The summed E-state index contributed by atoms with van der Waals surface area (Å²) in [6, 6.07) is 0. The van der Waals surface area contributed by atoms with E-state index >= 15 is 0 Å². The van der Waals surface area contributed by atoms with Crippen LogP contribution in [0.25, 0.3) is 0 Å². The molecule has 0 aromatic carbocycles. The Kier molecular flexibility index (Phi) is 7.91. The molecule has 5 heteroatoms. The van der Waals surface area contributed by atoms with Crippen LogP contribution in [0.2, 0.25) is 0 Å². The average Bonchev–Trinajstić information content (AvgIpc) is 3.35. The molecule has 5 nitrogen and oxygen atoms in total. The first-order valence-corrected chi connectivity index (χ1v) is 13.6. The lowest BCUT2D eigenvalue weighted by Gasteiger charge is -2.37. The molecule has 2 aliphatic heterocycles. The summed E-state index contributed by atoms with van der Waals surface area (Å²) in [5.74, 6) is 1.66. The molecule has 4 rings (SSSR count). The van der Waals surface area contributed by atoms with Gasteiger partial charge in [-0.2, -0.15) is 0 Å². The third-order valence-corrected chi connectivity index (χ3v) is 8.79. The number of ether oxygens (including phenoxy) is 3. The van der Waals surface area contributed by atoms with Crippen molar-refractivity contribution in [2.24, 2.45) is 41.4 Å². The Bertz CT molecular complexity index is 811. The molecule has 2 bridgehead atoms. The van der Waals surface area contributed by atoms with Crippen LogP contribution < -0.4 is 0 Å². The van der Waals surface area contributed by atoms with Gasteiger partial charge in [0.15, 0.2) is 0 Å². The first-order chi connectivity index (χ1) is 16.1. The van der Waals surface area contributed by atoms with E-state index in [0.29, 0.717) is 41.1 Å².